The van der Waals surface area contributed by atoms with Gasteiger partial charge < -0.3 is 21.7 Å². The molecule has 3 aromatic rings. The third-order valence-electron chi connectivity index (χ3n) is 7.60. The van der Waals surface area contributed by atoms with Gasteiger partial charge in [0.05, 0.1) is 17.1 Å². The Balaban J connectivity index is 1.37. The molecule has 1 saturated carbocycles. The van der Waals surface area contributed by atoms with Crippen molar-refractivity contribution >= 4 is 34.4 Å². The first-order valence-electron chi connectivity index (χ1n) is 12.3. The quantitative estimate of drug-likeness (QED) is 0.465. The fraction of sp³-hybridized carbons (Fsp3) is 0.520. The highest BCUT2D eigenvalue weighted by molar-refractivity contribution is 5.91. The number of carbonyl (C=O) groups is 1. The van der Waals surface area contributed by atoms with Gasteiger partial charge in [0.15, 0.2) is 5.82 Å². The van der Waals surface area contributed by atoms with Crippen LogP contribution in [0.25, 0.3) is 22.2 Å². The number of amides is 1. The van der Waals surface area contributed by atoms with E-state index in [1.165, 1.54) is 19.3 Å². The summed E-state index contributed by atoms with van der Waals surface area (Å²) in [6.45, 7) is 5.05. The summed E-state index contributed by atoms with van der Waals surface area (Å²) >= 11 is 0. The van der Waals surface area contributed by atoms with Crippen molar-refractivity contribution in [2.45, 2.75) is 64.5 Å². The van der Waals surface area contributed by atoms with Crippen molar-refractivity contribution in [1.82, 2.24) is 25.5 Å². The molecule has 1 aliphatic carbocycles. The number of nitrogens with one attached hydrogen (secondary N) is 2. The molecule has 1 saturated heterocycles. The van der Waals surface area contributed by atoms with Crippen LogP contribution in [0, 0.1) is 11.8 Å². The van der Waals surface area contributed by atoms with E-state index in [0.29, 0.717) is 24.3 Å². The van der Waals surface area contributed by atoms with Crippen molar-refractivity contribution in [3.63, 3.8) is 0 Å². The topological polar surface area (TPSA) is 139 Å². The van der Waals surface area contributed by atoms with E-state index in [1.54, 1.807) is 0 Å². The molecule has 5 rings (SSSR count). The van der Waals surface area contributed by atoms with E-state index < -0.39 is 0 Å². The van der Waals surface area contributed by atoms with Gasteiger partial charge in [-0.25, -0.2) is 4.98 Å². The standard InChI is InChI=1S/C25H34N8O/c1-14-5-3-4-6-19(14)28-24(34)17-8-7-15(2)33(13-17)22-12-20(29-25(27)30-22)16-9-10-18-21(11-16)31-32-23(18)26/h9-12,14-15,17,19H,3-8,13H2,1-2H3,(H,28,34)(H3,26,31,32)(H2,27,29,30). The van der Waals surface area contributed by atoms with Crippen LogP contribution in [0.3, 0.4) is 0 Å². The normalized spacial score (nSPS) is 25.4. The van der Waals surface area contributed by atoms with Crippen molar-refractivity contribution in [1.29, 1.82) is 0 Å². The highest BCUT2D eigenvalue weighted by Gasteiger charge is 2.33. The smallest absolute Gasteiger partial charge is 0.225 e. The number of aromatic nitrogens is 4. The van der Waals surface area contributed by atoms with Gasteiger partial charge in [0, 0.05) is 35.6 Å². The lowest BCUT2D eigenvalue weighted by Crippen LogP contribution is -2.50. The number of H-pyrrole nitrogens is 1. The molecule has 1 aromatic carbocycles. The molecule has 0 bridgehead atoms. The van der Waals surface area contributed by atoms with E-state index >= 15 is 0 Å². The van der Waals surface area contributed by atoms with Crippen LogP contribution in [-0.2, 0) is 4.79 Å². The second-order valence-electron chi connectivity index (χ2n) is 9.99. The second kappa shape index (κ2) is 9.12. The Bertz CT molecular complexity index is 1190. The molecular weight excluding hydrogens is 428 g/mol. The van der Waals surface area contributed by atoms with Crippen LogP contribution in [-0.4, -0.2) is 44.7 Å². The summed E-state index contributed by atoms with van der Waals surface area (Å²) in [7, 11) is 0. The van der Waals surface area contributed by atoms with Crippen molar-refractivity contribution in [2.75, 3.05) is 22.9 Å². The molecule has 2 aliphatic rings. The van der Waals surface area contributed by atoms with Crippen LogP contribution < -0.4 is 21.7 Å². The van der Waals surface area contributed by atoms with Gasteiger partial charge in [0.2, 0.25) is 11.9 Å². The summed E-state index contributed by atoms with van der Waals surface area (Å²) < 4.78 is 0. The maximum absolute atomic E-state index is 13.2. The van der Waals surface area contributed by atoms with Crippen molar-refractivity contribution < 1.29 is 4.79 Å². The number of aromatic amines is 1. The average molecular weight is 463 g/mol. The average Bonchev–Trinajstić information content (AvgIpc) is 3.20. The van der Waals surface area contributed by atoms with E-state index in [-0.39, 0.29) is 23.8 Å². The zero-order chi connectivity index (χ0) is 23.8. The number of fused-ring (bicyclic) bond motifs is 1. The maximum Gasteiger partial charge on any atom is 0.225 e. The van der Waals surface area contributed by atoms with Crippen molar-refractivity contribution in [2.24, 2.45) is 11.8 Å². The van der Waals surface area contributed by atoms with E-state index in [9.17, 15) is 4.79 Å². The molecule has 9 nitrogen and oxygen atoms in total. The number of rotatable bonds is 4. The molecule has 1 aliphatic heterocycles. The monoisotopic (exact) mass is 462 g/mol. The lowest BCUT2D eigenvalue weighted by atomic mass is 9.85. The summed E-state index contributed by atoms with van der Waals surface area (Å²) in [6.07, 6.45) is 6.55. The second-order valence-corrected chi connectivity index (χ2v) is 9.99. The van der Waals surface area contributed by atoms with Crippen molar-refractivity contribution in [3.8, 4) is 11.3 Å². The van der Waals surface area contributed by atoms with Gasteiger partial charge in [-0.05, 0) is 50.7 Å². The first kappa shape index (κ1) is 22.4. The minimum atomic E-state index is -0.0608. The molecular formula is C25H34N8O. The SMILES string of the molecule is CC1CCCCC1NC(=O)C1CCC(C)N(c2cc(-c3ccc4c(N)n[nH]c4c3)nc(N)n2)C1. The number of benzene rings is 1. The minimum Gasteiger partial charge on any atom is -0.382 e. The van der Waals surface area contributed by atoms with E-state index in [2.05, 4.69) is 44.2 Å². The van der Waals surface area contributed by atoms with Gasteiger partial charge in [-0.15, -0.1) is 0 Å². The number of hydrogen-bond acceptors (Lipinski definition) is 7. The number of nitrogen functional groups attached to an aromatic ring is 2. The highest BCUT2D eigenvalue weighted by atomic mass is 16.2. The molecule has 4 atom stereocenters. The zero-order valence-corrected chi connectivity index (χ0v) is 19.9. The molecule has 2 fully saturated rings. The summed E-state index contributed by atoms with van der Waals surface area (Å²) in [5, 5.41) is 11.2. The van der Waals surface area contributed by atoms with Crippen LogP contribution in [0.4, 0.5) is 17.6 Å². The number of nitrogens with zero attached hydrogens (tertiary/aromatic N) is 4. The van der Waals surface area contributed by atoms with E-state index in [1.807, 2.05) is 24.3 Å². The molecule has 180 valence electrons. The number of anilines is 3. The molecule has 0 spiro atoms. The van der Waals surface area contributed by atoms with E-state index in [4.69, 9.17) is 11.5 Å². The molecule has 0 radical (unpaired) electrons. The third kappa shape index (κ3) is 4.38. The number of hydrogen-bond donors (Lipinski definition) is 4. The molecule has 2 aromatic heterocycles. The Kier molecular flexibility index (Phi) is 6.02. The van der Waals surface area contributed by atoms with Crippen LogP contribution in [0.5, 0.6) is 0 Å². The highest BCUT2D eigenvalue weighted by Crippen LogP contribution is 2.32. The van der Waals surface area contributed by atoms with Crippen LogP contribution >= 0.6 is 0 Å². The van der Waals surface area contributed by atoms with E-state index in [0.717, 1.165) is 47.2 Å². The van der Waals surface area contributed by atoms with Gasteiger partial charge in [0.1, 0.15) is 5.82 Å². The Morgan fingerprint density at radius 3 is 2.74 bits per heavy atom. The zero-order valence-electron chi connectivity index (χ0n) is 19.9. The maximum atomic E-state index is 13.2. The molecule has 3 heterocycles. The minimum absolute atomic E-state index is 0.0608. The Morgan fingerprint density at radius 2 is 1.91 bits per heavy atom. The summed E-state index contributed by atoms with van der Waals surface area (Å²) in [5.74, 6) is 2.09. The number of carbonyl (C=O) groups excluding carboxylic acids is 1. The lowest BCUT2D eigenvalue weighted by molar-refractivity contribution is -0.126. The molecule has 34 heavy (non-hydrogen) atoms. The van der Waals surface area contributed by atoms with Crippen molar-refractivity contribution in [3.05, 3.63) is 24.3 Å². The predicted octanol–water partition coefficient (Wildman–Crippen LogP) is 3.48. The van der Waals surface area contributed by atoms with Gasteiger partial charge in [-0.1, -0.05) is 25.8 Å². The van der Waals surface area contributed by atoms with Gasteiger partial charge in [-0.2, -0.15) is 10.1 Å². The van der Waals surface area contributed by atoms with Gasteiger partial charge in [0.25, 0.3) is 0 Å². The predicted molar refractivity (Wildman–Crippen MR) is 135 cm³/mol. The summed E-state index contributed by atoms with van der Waals surface area (Å²) in [4.78, 5) is 24.4. The first-order chi connectivity index (χ1) is 16.4. The Hall–Kier alpha value is -3.36. The van der Waals surface area contributed by atoms with Crippen LogP contribution in [0.15, 0.2) is 24.3 Å². The Labute approximate surface area is 199 Å². The number of piperidine rings is 1. The fourth-order valence-corrected chi connectivity index (χ4v) is 5.42. The third-order valence-corrected chi connectivity index (χ3v) is 7.60. The lowest BCUT2D eigenvalue weighted by Gasteiger charge is -2.39. The molecule has 6 N–H and O–H groups in total. The van der Waals surface area contributed by atoms with Crippen LogP contribution in [0.1, 0.15) is 52.4 Å². The summed E-state index contributed by atoms with van der Waals surface area (Å²) in [6, 6.07) is 8.36. The molecule has 9 heteroatoms. The Morgan fingerprint density at radius 1 is 1.09 bits per heavy atom. The fourth-order valence-electron chi connectivity index (χ4n) is 5.42. The van der Waals surface area contributed by atoms with Gasteiger partial charge in [-0.3, -0.25) is 9.89 Å². The van der Waals surface area contributed by atoms with Crippen LogP contribution in [0.2, 0.25) is 0 Å². The van der Waals surface area contributed by atoms with Gasteiger partial charge >= 0.3 is 0 Å². The largest absolute Gasteiger partial charge is 0.382 e. The number of nitrogens with two attached hydrogens (primary N) is 2. The molecule has 1 amide bonds. The summed E-state index contributed by atoms with van der Waals surface area (Å²) in [5.41, 5.74) is 14.5. The first-order valence-corrected chi connectivity index (χ1v) is 12.3. The molecule has 4 unspecified atom stereocenters.